The molecule has 2 aliphatic rings. The predicted octanol–water partition coefficient (Wildman–Crippen LogP) is 1.82. The first-order valence-electron chi connectivity index (χ1n) is 6.84. The van der Waals surface area contributed by atoms with Crippen LogP contribution in [0.25, 0.3) is 0 Å². The SMILES string of the molecule is CN(C(=O)NC1CCC(C(=O)O)CC1)C1CCC1. The van der Waals surface area contributed by atoms with E-state index in [1.165, 1.54) is 6.42 Å². The minimum absolute atomic E-state index is 0.00141. The molecule has 0 aromatic heterocycles. The first kappa shape index (κ1) is 13.2. The van der Waals surface area contributed by atoms with E-state index in [2.05, 4.69) is 5.32 Å². The van der Waals surface area contributed by atoms with Crippen LogP contribution in [0.3, 0.4) is 0 Å². The van der Waals surface area contributed by atoms with Gasteiger partial charge >= 0.3 is 12.0 Å². The molecule has 0 spiro atoms. The average Bonchev–Trinajstić information content (AvgIpc) is 2.27. The summed E-state index contributed by atoms with van der Waals surface area (Å²) in [5.74, 6) is -0.922. The van der Waals surface area contributed by atoms with Crippen molar-refractivity contribution in [3.05, 3.63) is 0 Å². The first-order chi connectivity index (χ1) is 8.58. The first-order valence-corrected chi connectivity index (χ1v) is 6.84. The van der Waals surface area contributed by atoms with Gasteiger partial charge in [-0.05, 0) is 44.9 Å². The number of carboxylic acids is 1. The lowest BCUT2D eigenvalue weighted by Crippen LogP contribution is -2.50. The smallest absolute Gasteiger partial charge is 0.317 e. The standard InChI is InChI=1S/C13H22N2O3/c1-15(11-3-2-4-11)13(18)14-10-7-5-9(6-8-10)12(16)17/h9-11H,2-8H2,1H3,(H,14,18)(H,16,17). The minimum atomic E-state index is -0.702. The van der Waals surface area contributed by atoms with Gasteiger partial charge in [0.15, 0.2) is 0 Å². The molecule has 5 nitrogen and oxygen atoms in total. The molecule has 2 fully saturated rings. The van der Waals surface area contributed by atoms with Crippen molar-refractivity contribution < 1.29 is 14.7 Å². The van der Waals surface area contributed by atoms with Gasteiger partial charge in [-0.3, -0.25) is 4.79 Å². The second-order valence-corrected chi connectivity index (χ2v) is 5.53. The van der Waals surface area contributed by atoms with Crippen molar-refractivity contribution in [3.8, 4) is 0 Å². The Morgan fingerprint density at radius 3 is 2.17 bits per heavy atom. The number of rotatable bonds is 3. The van der Waals surface area contributed by atoms with Crippen molar-refractivity contribution in [2.24, 2.45) is 5.92 Å². The van der Waals surface area contributed by atoms with Crippen LogP contribution < -0.4 is 5.32 Å². The molecular weight excluding hydrogens is 232 g/mol. The van der Waals surface area contributed by atoms with Crippen LogP contribution in [0.5, 0.6) is 0 Å². The highest BCUT2D eigenvalue weighted by Crippen LogP contribution is 2.26. The molecular formula is C13H22N2O3. The Hall–Kier alpha value is -1.26. The molecule has 0 radical (unpaired) electrons. The van der Waals surface area contributed by atoms with Gasteiger partial charge in [0.25, 0.3) is 0 Å². The molecule has 0 atom stereocenters. The molecule has 2 N–H and O–H groups in total. The number of carbonyl (C=O) groups is 2. The van der Waals surface area contributed by atoms with Crippen molar-refractivity contribution in [2.45, 2.75) is 57.0 Å². The molecule has 5 heteroatoms. The van der Waals surface area contributed by atoms with Gasteiger partial charge in [0.1, 0.15) is 0 Å². The number of urea groups is 1. The van der Waals surface area contributed by atoms with E-state index in [-0.39, 0.29) is 18.0 Å². The monoisotopic (exact) mass is 254 g/mol. The van der Waals surface area contributed by atoms with Crippen LogP contribution in [-0.4, -0.2) is 41.1 Å². The van der Waals surface area contributed by atoms with Crippen LogP contribution in [0.15, 0.2) is 0 Å². The van der Waals surface area contributed by atoms with E-state index in [0.29, 0.717) is 18.9 Å². The summed E-state index contributed by atoms with van der Waals surface area (Å²) in [7, 11) is 1.85. The van der Waals surface area contributed by atoms with E-state index in [4.69, 9.17) is 5.11 Å². The number of hydrogen-bond donors (Lipinski definition) is 2. The maximum absolute atomic E-state index is 12.0. The molecule has 102 valence electrons. The summed E-state index contributed by atoms with van der Waals surface area (Å²) in [4.78, 5) is 24.6. The summed E-state index contributed by atoms with van der Waals surface area (Å²) in [6.07, 6.45) is 6.33. The molecule has 0 saturated heterocycles. The van der Waals surface area contributed by atoms with E-state index >= 15 is 0 Å². The molecule has 0 unspecified atom stereocenters. The summed E-state index contributed by atoms with van der Waals surface area (Å²) in [6.45, 7) is 0. The van der Waals surface area contributed by atoms with Crippen LogP contribution in [0.4, 0.5) is 4.79 Å². The molecule has 0 heterocycles. The highest BCUT2D eigenvalue weighted by molar-refractivity contribution is 5.75. The van der Waals surface area contributed by atoms with Crippen molar-refractivity contribution in [2.75, 3.05) is 7.05 Å². The van der Waals surface area contributed by atoms with Crippen LogP contribution in [-0.2, 0) is 4.79 Å². The van der Waals surface area contributed by atoms with Gasteiger partial charge in [-0.25, -0.2) is 4.79 Å². The third-order valence-corrected chi connectivity index (χ3v) is 4.35. The van der Waals surface area contributed by atoms with Crippen molar-refractivity contribution in [1.82, 2.24) is 10.2 Å². The normalized spacial score (nSPS) is 28.3. The zero-order valence-corrected chi connectivity index (χ0v) is 10.9. The van der Waals surface area contributed by atoms with Gasteiger partial charge in [0.05, 0.1) is 5.92 Å². The fourth-order valence-corrected chi connectivity index (χ4v) is 2.70. The van der Waals surface area contributed by atoms with Crippen LogP contribution in [0.1, 0.15) is 44.9 Å². The molecule has 2 amide bonds. The minimum Gasteiger partial charge on any atom is -0.481 e. The van der Waals surface area contributed by atoms with Gasteiger partial charge < -0.3 is 15.3 Å². The Morgan fingerprint density at radius 2 is 1.72 bits per heavy atom. The molecule has 0 aromatic rings. The van der Waals surface area contributed by atoms with Crippen molar-refractivity contribution >= 4 is 12.0 Å². The Labute approximate surface area is 108 Å². The lowest BCUT2D eigenvalue weighted by molar-refractivity contribution is -0.142. The molecule has 0 bridgehead atoms. The van der Waals surface area contributed by atoms with Gasteiger partial charge in [-0.15, -0.1) is 0 Å². The molecule has 2 saturated carbocycles. The van der Waals surface area contributed by atoms with E-state index < -0.39 is 5.97 Å². The molecule has 0 aromatic carbocycles. The number of nitrogens with zero attached hydrogens (tertiary/aromatic N) is 1. The molecule has 2 aliphatic carbocycles. The van der Waals surface area contributed by atoms with Crippen LogP contribution >= 0.6 is 0 Å². The number of nitrogens with one attached hydrogen (secondary N) is 1. The Kier molecular flexibility index (Phi) is 4.09. The highest BCUT2D eigenvalue weighted by atomic mass is 16.4. The Balaban J connectivity index is 1.73. The van der Waals surface area contributed by atoms with Gasteiger partial charge in [0, 0.05) is 19.1 Å². The zero-order valence-electron chi connectivity index (χ0n) is 10.9. The number of amides is 2. The van der Waals surface area contributed by atoms with Gasteiger partial charge in [-0.1, -0.05) is 0 Å². The third kappa shape index (κ3) is 2.94. The summed E-state index contributed by atoms with van der Waals surface area (Å²) in [6, 6.07) is 0.550. The summed E-state index contributed by atoms with van der Waals surface area (Å²) < 4.78 is 0. The Bertz CT molecular complexity index is 320. The van der Waals surface area contributed by atoms with Gasteiger partial charge in [-0.2, -0.15) is 0 Å². The summed E-state index contributed by atoms with van der Waals surface area (Å²) in [5.41, 5.74) is 0. The van der Waals surface area contributed by atoms with E-state index in [0.717, 1.165) is 25.7 Å². The number of hydrogen-bond acceptors (Lipinski definition) is 2. The van der Waals surface area contributed by atoms with E-state index in [1.807, 2.05) is 7.05 Å². The molecule has 2 rings (SSSR count). The maximum atomic E-state index is 12.0. The number of carboxylic acid groups (broad SMARTS) is 1. The second-order valence-electron chi connectivity index (χ2n) is 5.53. The largest absolute Gasteiger partial charge is 0.481 e. The summed E-state index contributed by atoms with van der Waals surface area (Å²) >= 11 is 0. The highest BCUT2D eigenvalue weighted by Gasteiger charge is 2.30. The van der Waals surface area contributed by atoms with E-state index in [1.54, 1.807) is 4.90 Å². The van der Waals surface area contributed by atoms with E-state index in [9.17, 15) is 9.59 Å². The predicted molar refractivity (Wildman–Crippen MR) is 67.3 cm³/mol. The number of carbonyl (C=O) groups excluding carboxylic acids is 1. The summed E-state index contributed by atoms with van der Waals surface area (Å²) in [5, 5.41) is 11.9. The zero-order chi connectivity index (χ0) is 13.1. The quantitative estimate of drug-likeness (QED) is 0.807. The third-order valence-electron chi connectivity index (χ3n) is 4.35. The molecule has 18 heavy (non-hydrogen) atoms. The molecule has 0 aliphatic heterocycles. The van der Waals surface area contributed by atoms with Gasteiger partial charge in [0.2, 0.25) is 0 Å². The van der Waals surface area contributed by atoms with Crippen LogP contribution in [0.2, 0.25) is 0 Å². The van der Waals surface area contributed by atoms with Crippen molar-refractivity contribution in [1.29, 1.82) is 0 Å². The maximum Gasteiger partial charge on any atom is 0.317 e. The number of aliphatic carboxylic acids is 1. The van der Waals surface area contributed by atoms with Crippen LogP contribution in [0, 0.1) is 5.92 Å². The fraction of sp³-hybridized carbons (Fsp3) is 0.846. The fourth-order valence-electron chi connectivity index (χ4n) is 2.70. The average molecular weight is 254 g/mol. The second kappa shape index (κ2) is 5.59. The lowest BCUT2D eigenvalue weighted by Gasteiger charge is -2.36. The lowest BCUT2D eigenvalue weighted by atomic mass is 9.86. The van der Waals surface area contributed by atoms with Crippen molar-refractivity contribution in [3.63, 3.8) is 0 Å². The Morgan fingerprint density at radius 1 is 1.11 bits per heavy atom. The topological polar surface area (TPSA) is 69.6 Å².